The molecule has 0 atom stereocenters. The molecule has 1 N–H and O–H groups in total. The molecule has 2 heterocycles. The molecule has 1 fully saturated rings. The van der Waals surface area contributed by atoms with E-state index in [4.69, 9.17) is 9.15 Å². The Balaban J connectivity index is 1.59. The van der Waals surface area contributed by atoms with Crippen LogP contribution in [-0.4, -0.2) is 27.0 Å². The number of hydrogen-bond donors (Lipinski definition) is 1. The van der Waals surface area contributed by atoms with Crippen molar-refractivity contribution in [3.05, 3.63) is 41.8 Å². The number of rotatable bonds is 5. The van der Waals surface area contributed by atoms with Crippen LogP contribution in [0.2, 0.25) is 0 Å². The van der Waals surface area contributed by atoms with Crippen molar-refractivity contribution >= 4 is 11.8 Å². The van der Waals surface area contributed by atoms with Crippen LogP contribution in [0, 0.1) is 12.8 Å². The lowest BCUT2D eigenvalue weighted by molar-refractivity contribution is 0.0943. The fourth-order valence-electron chi connectivity index (χ4n) is 2.36. The number of hydrogen-bond acceptors (Lipinski definition) is 5. The third kappa shape index (κ3) is 2.77. The standard InChI is InChI=1S/C16H16N4O3/c1-10-13(14(21)17-9-11-7-8-11)20-16(22-10)18-15(19-20)23-12-5-3-2-4-6-12/h2-6,11H,7-9H2,1H3,(H,17,21). The normalized spacial score (nSPS) is 14.1. The lowest BCUT2D eigenvalue weighted by Crippen LogP contribution is -2.27. The second kappa shape index (κ2) is 5.42. The summed E-state index contributed by atoms with van der Waals surface area (Å²) in [5.41, 5.74) is 0.357. The number of oxazole rings is 1. The first-order chi connectivity index (χ1) is 11.2. The molecule has 23 heavy (non-hydrogen) atoms. The summed E-state index contributed by atoms with van der Waals surface area (Å²) in [6, 6.07) is 9.36. The molecule has 1 aliphatic rings. The van der Waals surface area contributed by atoms with Gasteiger partial charge in [0.05, 0.1) is 0 Å². The Morgan fingerprint density at radius 3 is 2.91 bits per heavy atom. The Morgan fingerprint density at radius 2 is 2.17 bits per heavy atom. The minimum Gasteiger partial charge on any atom is -0.426 e. The Bertz CT molecular complexity index is 849. The zero-order chi connectivity index (χ0) is 15.8. The lowest BCUT2D eigenvalue weighted by atomic mass is 10.3. The first-order valence-electron chi connectivity index (χ1n) is 7.58. The Hall–Kier alpha value is -2.83. The summed E-state index contributed by atoms with van der Waals surface area (Å²) in [5, 5.41) is 7.13. The number of para-hydroxylation sites is 1. The molecule has 1 amide bonds. The molecule has 4 rings (SSSR count). The minimum absolute atomic E-state index is 0.145. The number of aromatic nitrogens is 3. The number of amides is 1. The molecule has 2 aromatic heterocycles. The third-order valence-corrected chi connectivity index (χ3v) is 3.76. The van der Waals surface area contributed by atoms with Gasteiger partial charge in [0.25, 0.3) is 5.91 Å². The number of fused-ring (bicyclic) bond motifs is 1. The molecular weight excluding hydrogens is 296 g/mol. The van der Waals surface area contributed by atoms with Gasteiger partial charge >= 0.3 is 11.9 Å². The number of carbonyl (C=O) groups excluding carboxylic acids is 1. The van der Waals surface area contributed by atoms with Crippen molar-refractivity contribution in [1.82, 2.24) is 19.9 Å². The highest BCUT2D eigenvalue weighted by Gasteiger charge is 2.25. The number of nitrogens with zero attached hydrogens (tertiary/aromatic N) is 3. The number of carbonyl (C=O) groups is 1. The molecule has 7 heteroatoms. The molecule has 0 aliphatic heterocycles. The molecule has 118 valence electrons. The van der Waals surface area contributed by atoms with Gasteiger partial charge in [0.2, 0.25) is 0 Å². The third-order valence-electron chi connectivity index (χ3n) is 3.76. The van der Waals surface area contributed by atoms with E-state index in [2.05, 4.69) is 15.4 Å². The maximum absolute atomic E-state index is 12.3. The van der Waals surface area contributed by atoms with Gasteiger partial charge in [-0.1, -0.05) is 18.2 Å². The van der Waals surface area contributed by atoms with Crippen molar-refractivity contribution in [2.24, 2.45) is 5.92 Å². The van der Waals surface area contributed by atoms with Gasteiger partial charge in [-0.2, -0.15) is 4.52 Å². The number of nitrogens with one attached hydrogen (secondary N) is 1. The monoisotopic (exact) mass is 312 g/mol. The van der Waals surface area contributed by atoms with Gasteiger partial charge in [-0.05, 0) is 37.8 Å². The highest BCUT2D eigenvalue weighted by molar-refractivity contribution is 5.93. The van der Waals surface area contributed by atoms with Crippen LogP contribution >= 0.6 is 0 Å². The Kier molecular flexibility index (Phi) is 3.25. The molecule has 1 aromatic carbocycles. The zero-order valence-electron chi connectivity index (χ0n) is 12.7. The molecule has 0 spiro atoms. The summed E-state index contributed by atoms with van der Waals surface area (Å²) in [4.78, 5) is 16.5. The lowest BCUT2D eigenvalue weighted by Gasteiger charge is -2.02. The van der Waals surface area contributed by atoms with Crippen LogP contribution in [0.3, 0.4) is 0 Å². The summed E-state index contributed by atoms with van der Waals surface area (Å²) in [5.74, 6) is 1.75. The van der Waals surface area contributed by atoms with Gasteiger partial charge in [-0.3, -0.25) is 4.79 Å². The smallest absolute Gasteiger partial charge is 0.344 e. The van der Waals surface area contributed by atoms with Crippen LogP contribution in [0.5, 0.6) is 11.8 Å². The van der Waals surface area contributed by atoms with Crippen molar-refractivity contribution in [3.8, 4) is 11.8 Å². The molecule has 0 radical (unpaired) electrons. The van der Waals surface area contributed by atoms with E-state index in [1.54, 1.807) is 19.1 Å². The maximum atomic E-state index is 12.3. The quantitative estimate of drug-likeness (QED) is 0.783. The van der Waals surface area contributed by atoms with Crippen molar-refractivity contribution in [3.63, 3.8) is 0 Å². The average Bonchev–Trinajstić information content (AvgIpc) is 3.22. The average molecular weight is 312 g/mol. The SMILES string of the molecule is Cc1oc2nc(Oc3ccccc3)nn2c1C(=O)NCC1CC1. The summed E-state index contributed by atoms with van der Waals surface area (Å²) >= 11 is 0. The van der Waals surface area contributed by atoms with Crippen LogP contribution in [0.4, 0.5) is 0 Å². The van der Waals surface area contributed by atoms with E-state index in [9.17, 15) is 4.79 Å². The Morgan fingerprint density at radius 1 is 1.39 bits per heavy atom. The van der Waals surface area contributed by atoms with Gasteiger partial charge in [-0.25, -0.2) is 0 Å². The van der Waals surface area contributed by atoms with Crippen molar-refractivity contribution in [1.29, 1.82) is 0 Å². The molecule has 0 unspecified atom stereocenters. The van der Waals surface area contributed by atoms with Gasteiger partial charge in [0, 0.05) is 6.54 Å². The molecule has 0 bridgehead atoms. The highest BCUT2D eigenvalue weighted by Crippen LogP contribution is 2.28. The molecule has 0 saturated heterocycles. The van der Waals surface area contributed by atoms with E-state index >= 15 is 0 Å². The topological polar surface area (TPSA) is 81.7 Å². The molecule has 3 aromatic rings. The molecule has 7 nitrogen and oxygen atoms in total. The van der Waals surface area contributed by atoms with E-state index in [-0.39, 0.29) is 17.8 Å². The van der Waals surface area contributed by atoms with Crippen LogP contribution in [0.1, 0.15) is 29.1 Å². The van der Waals surface area contributed by atoms with Gasteiger partial charge in [0.15, 0.2) is 5.69 Å². The maximum Gasteiger partial charge on any atom is 0.344 e. The molecule has 1 aliphatic carbocycles. The number of benzene rings is 1. The summed E-state index contributed by atoms with van der Waals surface area (Å²) in [6.45, 7) is 2.41. The van der Waals surface area contributed by atoms with Crippen LogP contribution in [-0.2, 0) is 0 Å². The summed E-state index contributed by atoms with van der Waals surface area (Å²) in [7, 11) is 0. The first-order valence-corrected chi connectivity index (χ1v) is 7.58. The predicted octanol–water partition coefficient (Wildman–Crippen LogP) is 2.56. The van der Waals surface area contributed by atoms with Gasteiger partial charge < -0.3 is 14.5 Å². The fourth-order valence-corrected chi connectivity index (χ4v) is 2.36. The number of aryl methyl sites for hydroxylation is 1. The predicted molar refractivity (Wildman–Crippen MR) is 81.6 cm³/mol. The van der Waals surface area contributed by atoms with Crippen molar-refractivity contribution in [2.45, 2.75) is 19.8 Å². The fraction of sp³-hybridized carbons (Fsp3) is 0.312. The highest BCUT2D eigenvalue weighted by atomic mass is 16.5. The van der Waals surface area contributed by atoms with E-state index < -0.39 is 0 Å². The zero-order valence-corrected chi connectivity index (χ0v) is 12.7. The minimum atomic E-state index is -0.204. The van der Waals surface area contributed by atoms with Crippen LogP contribution < -0.4 is 10.1 Å². The van der Waals surface area contributed by atoms with Crippen molar-refractivity contribution in [2.75, 3.05) is 6.54 Å². The number of ether oxygens (including phenoxy) is 1. The van der Waals surface area contributed by atoms with E-state index in [1.807, 2.05) is 18.2 Å². The first kappa shape index (κ1) is 13.8. The van der Waals surface area contributed by atoms with Gasteiger partial charge in [0.1, 0.15) is 11.5 Å². The van der Waals surface area contributed by atoms with Crippen LogP contribution in [0.25, 0.3) is 5.84 Å². The summed E-state index contributed by atoms with van der Waals surface area (Å²) in [6.07, 6.45) is 2.36. The van der Waals surface area contributed by atoms with Crippen LogP contribution in [0.15, 0.2) is 34.7 Å². The van der Waals surface area contributed by atoms with Crippen molar-refractivity contribution < 1.29 is 13.9 Å². The van der Waals surface area contributed by atoms with E-state index in [0.717, 1.165) is 0 Å². The van der Waals surface area contributed by atoms with E-state index in [0.29, 0.717) is 29.7 Å². The molecular formula is C16H16N4O3. The summed E-state index contributed by atoms with van der Waals surface area (Å²) < 4.78 is 12.5. The van der Waals surface area contributed by atoms with Gasteiger partial charge in [-0.15, -0.1) is 10.1 Å². The molecule has 1 saturated carbocycles. The van der Waals surface area contributed by atoms with E-state index in [1.165, 1.54) is 17.4 Å². The second-order valence-corrected chi connectivity index (χ2v) is 5.66. The largest absolute Gasteiger partial charge is 0.426 e. The Labute approximate surface area is 132 Å². The second-order valence-electron chi connectivity index (χ2n) is 5.66.